The number of nitrogens with zero attached hydrogens (tertiary/aromatic N) is 1. The second-order valence-electron chi connectivity index (χ2n) is 4.82. The van der Waals surface area contributed by atoms with Crippen LogP contribution in [0.15, 0.2) is 42.8 Å². The third-order valence-electron chi connectivity index (χ3n) is 3.09. The lowest BCUT2D eigenvalue weighted by Crippen LogP contribution is -2.34. The van der Waals surface area contributed by atoms with Crippen LogP contribution in [0.5, 0.6) is 0 Å². The zero-order chi connectivity index (χ0) is 14.4. The van der Waals surface area contributed by atoms with Crippen LogP contribution in [0.25, 0.3) is 0 Å². The minimum absolute atomic E-state index is 0.389. The summed E-state index contributed by atoms with van der Waals surface area (Å²) >= 11 is 6.22. The Kier molecular flexibility index (Phi) is 5.97. The quantitative estimate of drug-likeness (QED) is 0.824. The van der Waals surface area contributed by atoms with Gasteiger partial charge in [0.15, 0.2) is 0 Å². The van der Waals surface area contributed by atoms with Gasteiger partial charge in [0.2, 0.25) is 0 Å². The van der Waals surface area contributed by atoms with Crippen molar-refractivity contribution in [2.75, 3.05) is 11.4 Å². The van der Waals surface area contributed by atoms with Gasteiger partial charge in [0.05, 0.1) is 6.54 Å². The van der Waals surface area contributed by atoms with Crippen LogP contribution in [-0.4, -0.2) is 12.6 Å². The number of aryl methyl sites for hydroxylation is 1. The summed E-state index contributed by atoms with van der Waals surface area (Å²) in [6.45, 7) is 12.9. The Morgan fingerprint density at radius 2 is 2.16 bits per heavy atom. The van der Waals surface area contributed by atoms with Crippen LogP contribution in [0, 0.1) is 6.92 Å². The molecule has 0 atom stereocenters. The van der Waals surface area contributed by atoms with E-state index >= 15 is 0 Å². The van der Waals surface area contributed by atoms with Crippen LogP contribution in [0.2, 0.25) is 5.02 Å². The molecule has 0 radical (unpaired) electrons. The second kappa shape index (κ2) is 7.25. The molecule has 0 saturated heterocycles. The van der Waals surface area contributed by atoms with E-state index in [0.29, 0.717) is 6.04 Å². The van der Waals surface area contributed by atoms with Crippen molar-refractivity contribution < 1.29 is 0 Å². The van der Waals surface area contributed by atoms with Crippen molar-refractivity contribution in [3.8, 4) is 0 Å². The van der Waals surface area contributed by atoms with E-state index in [4.69, 9.17) is 11.6 Å². The molecule has 2 nitrogen and oxygen atoms in total. The molecule has 0 amide bonds. The van der Waals surface area contributed by atoms with Gasteiger partial charge in [0, 0.05) is 22.4 Å². The molecule has 3 heteroatoms. The lowest BCUT2D eigenvalue weighted by Gasteiger charge is -2.30. The molecule has 0 bridgehead atoms. The van der Waals surface area contributed by atoms with E-state index in [-0.39, 0.29) is 0 Å². The van der Waals surface area contributed by atoms with Gasteiger partial charge in [0.1, 0.15) is 0 Å². The number of rotatable bonds is 6. The standard InChI is InChI=1S/C16H23ClN2/c1-6-14(18-7-2)11-19(12(3)4)15-9-8-13(5)16(17)10-15/h6-10,12,18H,2,11H2,1,3-5H3/b14-6-. The molecule has 104 valence electrons. The van der Waals surface area contributed by atoms with Crippen molar-refractivity contribution in [2.24, 2.45) is 0 Å². The van der Waals surface area contributed by atoms with Gasteiger partial charge >= 0.3 is 0 Å². The van der Waals surface area contributed by atoms with Crippen molar-refractivity contribution in [3.05, 3.63) is 53.3 Å². The third-order valence-corrected chi connectivity index (χ3v) is 3.49. The first kappa shape index (κ1) is 15.6. The number of hydrogen-bond donors (Lipinski definition) is 1. The maximum Gasteiger partial charge on any atom is 0.0579 e. The highest BCUT2D eigenvalue weighted by molar-refractivity contribution is 6.31. The number of allylic oxidation sites excluding steroid dienone is 1. The van der Waals surface area contributed by atoms with Gasteiger partial charge in [-0.2, -0.15) is 0 Å². The zero-order valence-electron chi connectivity index (χ0n) is 12.2. The molecule has 1 N–H and O–H groups in total. The lowest BCUT2D eigenvalue weighted by atomic mass is 10.1. The highest BCUT2D eigenvalue weighted by Gasteiger charge is 2.13. The van der Waals surface area contributed by atoms with E-state index in [1.807, 2.05) is 19.9 Å². The van der Waals surface area contributed by atoms with Gasteiger partial charge in [0.25, 0.3) is 0 Å². The van der Waals surface area contributed by atoms with Gasteiger partial charge in [-0.1, -0.05) is 30.3 Å². The summed E-state index contributed by atoms with van der Waals surface area (Å²) < 4.78 is 0. The molecular weight excluding hydrogens is 256 g/mol. The Labute approximate surface area is 121 Å². The van der Waals surface area contributed by atoms with Gasteiger partial charge < -0.3 is 10.2 Å². The van der Waals surface area contributed by atoms with Crippen molar-refractivity contribution >= 4 is 17.3 Å². The van der Waals surface area contributed by atoms with Crippen molar-refractivity contribution in [1.29, 1.82) is 0 Å². The Balaban J connectivity index is 3.00. The van der Waals surface area contributed by atoms with Crippen LogP contribution >= 0.6 is 11.6 Å². The average molecular weight is 279 g/mol. The minimum Gasteiger partial charge on any atom is -0.364 e. The Bertz CT molecular complexity index is 464. The first-order valence-corrected chi connectivity index (χ1v) is 6.92. The normalized spacial score (nSPS) is 11.6. The molecule has 0 spiro atoms. The molecule has 0 aromatic heterocycles. The van der Waals surface area contributed by atoms with Crippen molar-refractivity contribution in [3.63, 3.8) is 0 Å². The maximum absolute atomic E-state index is 6.22. The third kappa shape index (κ3) is 4.32. The summed E-state index contributed by atoms with van der Waals surface area (Å²) in [5, 5.41) is 3.97. The van der Waals surface area contributed by atoms with E-state index in [9.17, 15) is 0 Å². The van der Waals surface area contributed by atoms with E-state index in [1.165, 1.54) is 0 Å². The molecule has 0 heterocycles. The fourth-order valence-corrected chi connectivity index (χ4v) is 2.04. The molecule has 0 unspecified atom stereocenters. The summed E-state index contributed by atoms with van der Waals surface area (Å²) in [4.78, 5) is 2.30. The van der Waals surface area contributed by atoms with Gasteiger partial charge in [-0.15, -0.1) is 0 Å². The summed E-state index contributed by atoms with van der Waals surface area (Å²) in [6, 6.07) is 6.59. The molecule has 0 aliphatic rings. The van der Waals surface area contributed by atoms with E-state index in [0.717, 1.165) is 28.5 Å². The Morgan fingerprint density at radius 3 is 2.63 bits per heavy atom. The number of nitrogens with one attached hydrogen (secondary N) is 1. The van der Waals surface area contributed by atoms with Gasteiger partial charge in [-0.3, -0.25) is 0 Å². The molecule has 1 rings (SSSR count). The van der Waals surface area contributed by atoms with Crippen LogP contribution in [-0.2, 0) is 0 Å². The molecule has 19 heavy (non-hydrogen) atoms. The summed E-state index contributed by atoms with van der Waals surface area (Å²) in [5.41, 5.74) is 3.36. The predicted molar refractivity (Wildman–Crippen MR) is 85.8 cm³/mol. The predicted octanol–water partition coefficient (Wildman–Crippen LogP) is 4.50. The minimum atomic E-state index is 0.389. The summed E-state index contributed by atoms with van der Waals surface area (Å²) in [7, 11) is 0. The SMILES string of the molecule is C=CN/C(=C\C)CN(c1ccc(C)c(Cl)c1)C(C)C. The lowest BCUT2D eigenvalue weighted by molar-refractivity contribution is 0.698. The number of hydrogen-bond acceptors (Lipinski definition) is 2. The number of benzene rings is 1. The molecule has 0 fully saturated rings. The monoisotopic (exact) mass is 278 g/mol. The Morgan fingerprint density at radius 1 is 1.47 bits per heavy atom. The first-order valence-electron chi connectivity index (χ1n) is 6.55. The number of anilines is 1. The molecule has 1 aromatic rings. The van der Waals surface area contributed by atoms with Crippen LogP contribution in [0.4, 0.5) is 5.69 Å². The van der Waals surface area contributed by atoms with E-state index < -0.39 is 0 Å². The zero-order valence-corrected chi connectivity index (χ0v) is 13.0. The van der Waals surface area contributed by atoms with Crippen LogP contribution in [0.1, 0.15) is 26.3 Å². The van der Waals surface area contributed by atoms with Crippen molar-refractivity contribution in [1.82, 2.24) is 5.32 Å². The first-order chi connectivity index (χ1) is 8.99. The molecule has 0 saturated carbocycles. The highest BCUT2D eigenvalue weighted by atomic mass is 35.5. The molecule has 0 aliphatic carbocycles. The topological polar surface area (TPSA) is 15.3 Å². The smallest absolute Gasteiger partial charge is 0.0579 e. The fraction of sp³-hybridized carbons (Fsp3) is 0.375. The Hall–Kier alpha value is -1.41. The van der Waals surface area contributed by atoms with Gasteiger partial charge in [-0.25, -0.2) is 0 Å². The van der Waals surface area contributed by atoms with Crippen LogP contribution < -0.4 is 10.2 Å². The largest absolute Gasteiger partial charge is 0.364 e. The van der Waals surface area contributed by atoms with Crippen LogP contribution in [0.3, 0.4) is 0 Å². The summed E-state index contributed by atoms with van der Waals surface area (Å²) in [6.07, 6.45) is 3.77. The van der Waals surface area contributed by atoms with E-state index in [1.54, 1.807) is 6.20 Å². The second-order valence-corrected chi connectivity index (χ2v) is 5.22. The maximum atomic E-state index is 6.22. The summed E-state index contributed by atoms with van der Waals surface area (Å²) in [5.74, 6) is 0. The highest BCUT2D eigenvalue weighted by Crippen LogP contribution is 2.25. The molecule has 1 aromatic carbocycles. The van der Waals surface area contributed by atoms with E-state index in [2.05, 4.69) is 48.9 Å². The van der Waals surface area contributed by atoms with Gasteiger partial charge in [-0.05, 0) is 51.6 Å². The molecular formula is C16H23ClN2. The average Bonchev–Trinajstić information content (AvgIpc) is 2.37. The molecule has 0 aliphatic heterocycles. The number of halogens is 1. The fourth-order valence-electron chi connectivity index (χ4n) is 1.87. The van der Waals surface area contributed by atoms with Crippen molar-refractivity contribution in [2.45, 2.75) is 33.7 Å².